The topological polar surface area (TPSA) is 40.5 Å². The van der Waals surface area contributed by atoms with E-state index < -0.39 is 5.97 Å². The van der Waals surface area contributed by atoms with E-state index in [0.717, 1.165) is 45.2 Å². The lowest BCUT2D eigenvalue weighted by atomic mass is 10.1. The molecule has 0 aliphatic rings. The number of hydrogen-bond donors (Lipinski definition) is 1. The van der Waals surface area contributed by atoms with Crippen LogP contribution in [0, 0.1) is 0 Å². The van der Waals surface area contributed by atoms with E-state index in [9.17, 15) is 9.90 Å². The van der Waals surface area contributed by atoms with E-state index in [2.05, 4.69) is 30.2 Å². The van der Waals surface area contributed by atoms with Crippen molar-refractivity contribution in [2.75, 3.05) is 13.1 Å². The Morgan fingerprint density at radius 2 is 1.95 bits per heavy atom. The van der Waals surface area contributed by atoms with Crippen molar-refractivity contribution in [1.29, 1.82) is 0 Å². The molecular weight excluding hydrogens is 270 g/mol. The minimum Gasteiger partial charge on any atom is -0.481 e. The summed E-state index contributed by atoms with van der Waals surface area (Å²) < 4.78 is 0. The van der Waals surface area contributed by atoms with Gasteiger partial charge < -0.3 is 5.11 Å². The average molecular weight is 297 g/mol. The first-order valence-electron chi connectivity index (χ1n) is 7.65. The molecule has 1 aromatic heterocycles. The SMILES string of the molecule is CCCCN(CCCC)C(CC(=O)O)Cc1cccs1. The molecule has 1 unspecified atom stereocenters. The fourth-order valence-corrected chi connectivity index (χ4v) is 3.17. The molecule has 0 aliphatic carbocycles. The van der Waals surface area contributed by atoms with Gasteiger partial charge in [-0.3, -0.25) is 9.69 Å². The highest BCUT2D eigenvalue weighted by molar-refractivity contribution is 7.09. The van der Waals surface area contributed by atoms with Crippen LogP contribution in [0.1, 0.15) is 50.8 Å². The first-order valence-corrected chi connectivity index (χ1v) is 8.53. The van der Waals surface area contributed by atoms with Crippen molar-refractivity contribution in [2.24, 2.45) is 0 Å². The van der Waals surface area contributed by atoms with Gasteiger partial charge in [-0.05, 0) is 43.8 Å². The van der Waals surface area contributed by atoms with Crippen molar-refractivity contribution in [2.45, 2.75) is 58.4 Å². The van der Waals surface area contributed by atoms with Gasteiger partial charge >= 0.3 is 5.97 Å². The number of carbonyl (C=O) groups is 1. The van der Waals surface area contributed by atoms with E-state index in [1.807, 2.05) is 6.07 Å². The molecule has 0 saturated heterocycles. The van der Waals surface area contributed by atoms with Crippen molar-refractivity contribution in [3.05, 3.63) is 22.4 Å². The average Bonchev–Trinajstić information content (AvgIpc) is 2.90. The monoisotopic (exact) mass is 297 g/mol. The second-order valence-corrected chi connectivity index (χ2v) is 6.31. The highest BCUT2D eigenvalue weighted by Gasteiger charge is 2.21. The van der Waals surface area contributed by atoms with E-state index in [1.54, 1.807) is 11.3 Å². The summed E-state index contributed by atoms with van der Waals surface area (Å²) in [4.78, 5) is 14.8. The summed E-state index contributed by atoms with van der Waals surface area (Å²) in [7, 11) is 0. The number of rotatable bonds is 11. The van der Waals surface area contributed by atoms with Crippen LogP contribution in [0.25, 0.3) is 0 Å². The van der Waals surface area contributed by atoms with Crippen LogP contribution in [0.4, 0.5) is 0 Å². The molecule has 1 heterocycles. The summed E-state index contributed by atoms with van der Waals surface area (Å²) in [6.07, 6.45) is 5.69. The van der Waals surface area contributed by atoms with Crippen LogP contribution in [0.5, 0.6) is 0 Å². The van der Waals surface area contributed by atoms with E-state index in [0.29, 0.717) is 0 Å². The molecule has 1 atom stereocenters. The van der Waals surface area contributed by atoms with Crippen LogP contribution in [0.2, 0.25) is 0 Å². The number of carboxylic acids is 1. The summed E-state index contributed by atoms with van der Waals surface area (Å²) in [6, 6.07) is 4.28. The van der Waals surface area contributed by atoms with Crippen molar-refractivity contribution >= 4 is 17.3 Å². The van der Waals surface area contributed by atoms with Crippen molar-refractivity contribution in [3.63, 3.8) is 0 Å². The van der Waals surface area contributed by atoms with Crippen LogP contribution >= 0.6 is 11.3 Å². The van der Waals surface area contributed by atoms with E-state index >= 15 is 0 Å². The molecule has 0 amide bonds. The molecule has 0 radical (unpaired) electrons. The Hall–Kier alpha value is -0.870. The number of thiophene rings is 1. The fraction of sp³-hybridized carbons (Fsp3) is 0.688. The molecular formula is C16H27NO2S. The quantitative estimate of drug-likeness (QED) is 0.670. The normalized spacial score (nSPS) is 12.8. The molecule has 3 nitrogen and oxygen atoms in total. The van der Waals surface area contributed by atoms with Crippen molar-refractivity contribution in [1.82, 2.24) is 4.90 Å². The van der Waals surface area contributed by atoms with Crippen LogP contribution in [-0.4, -0.2) is 35.1 Å². The van der Waals surface area contributed by atoms with E-state index in [-0.39, 0.29) is 12.5 Å². The number of carboxylic acid groups (broad SMARTS) is 1. The lowest BCUT2D eigenvalue weighted by Crippen LogP contribution is -2.39. The molecule has 4 heteroatoms. The Kier molecular flexibility index (Phi) is 8.54. The summed E-state index contributed by atoms with van der Waals surface area (Å²) in [5.74, 6) is -0.690. The highest BCUT2D eigenvalue weighted by atomic mass is 32.1. The number of unbranched alkanes of at least 4 members (excludes halogenated alkanes) is 2. The lowest BCUT2D eigenvalue weighted by Gasteiger charge is -2.30. The minimum atomic E-state index is -0.690. The van der Waals surface area contributed by atoms with Gasteiger partial charge in [-0.2, -0.15) is 0 Å². The lowest BCUT2D eigenvalue weighted by molar-refractivity contribution is -0.138. The molecule has 1 N–H and O–H groups in total. The number of aliphatic carboxylic acids is 1. The summed E-state index contributed by atoms with van der Waals surface area (Å²) in [5.41, 5.74) is 0. The molecule has 1 aromatic rings. The van der Waals surface area contributed by atoms with Crippen LogP contribution in [0.3, 0.4) is 0 Å². The molecule has 0 bridgehead atoms. The number of nitrogens with zero attached hydrogens (tertiary/aromatic N) is 1. The standard InChI is InChI=1S/C16H27NO2S/c1-3-5-9-17(10-6-4-2)14(13-16(18)19)12-15-8-7-11-20-15/h7-8,11,14H,3-6,9-10,12-13H2,1-2H3,(H,18,19). The maximum absolute atomic E-state index is 11.2. The Labute approximate surface area is 126 Å². The Morgan fingerprint density at radius 1 is 1.30 bits per heavy atom. The van der Waals surface area contributed by atoms with E-state index in [4.69, 9.17) is 0 Å². The third-order valence-electron chi connectivity index (χ3n) is 3.54. The molecule has 0 aliphatic heterocycles. The second-order valence-electron chi connectivity index (χ2n) is 5.28. The van der Waals surface area contributed by atoms with Gasteiger partial charge in [0.1, 0.15) is 0 Å². The first kappa shape index (κ1) is 17.2. The van der Waals surface area contributed by atoms with Gasteiger partial charge in [0, 0.05) is 10.9 Å². The molecule has 1 rings (SSSR count). The van der Waals surface area contributed by atoms with Gasteiger partial charge in [-0.25, -0.2) is 0 Å². The van der Waals surface area contributed by atoms with Crippen LogP contribution in [-0.2, 0) is 11.2 Å². The largest absolute Gasteiger partial charge is 0.481 e. The van der Waals surface area contributed by atoms with Crippen LogP contribution in [0.15, 0.2) is 17.5 Å². The minimum absolute atomic E-state index is 0.129. The van der Waals surface area contributed by atoms with Gasteiger partial charge in [-0.1, -0.05) is 32.8 Å². The molecule has 0 spiro atoms. The molecule has 0 aromatic carbocycles. The zero-order chi connectivity index (χ0) is 14.8. The smallest absolute Gasteiger partial charge is 0.304 e. The third kappa shape index (κ3) is 6.53. The van der Waals surface area contributed by atoms with E-state index in [1.165, 1.54) is 4.88 Å². The summed E-state index contributed by atoms with van der Waals surface area (Å²) >= 11 is 1.72. The Balaban J connectivity index is 2.70. The van der Waals surface area contributed by atoms with Crippen molar-refractivity contribution in [3.8, 4) is 0 Å². The maximum Gasteiger partial charge on any atom is 0.304 e. The van der Waals surface area contributed by atoms with Gasteiger partial charge in [0.05, 0.1) is 6.42 Å². The molecule has 0 saturated carbocycles. The zero-order valence-corrected chi connectivity index (χ0v) is 13.5. The highest BCUT2D eigenvalue weighted by Crippen LogP contribution is 2.18. The fourth-order valence-electron chi connectivity index (χ4n) is 2.39. The van der Waals surface area contributed by atoms with Gasteiger partial charge in [-0.15, -0.1) is 11.3 Å². The Bertz CT molecular complexity index is 357. The molecule has 20 heavy (non-hydrogen) atoms. The summed E-state index contributed by atoms with van der Waals surface area (Å²) in [5, 5.41) is 11.3. The molecule has 0 fully saturated rings. The summed E-state index contributed by atoms with van der Waals surface area (Å²) in [6.45, 7) is 6.40. The maximum atomic E-state index is 11.2. The zero-order valence-electron chi connectivity index (χ0n) is 12.7. The van der Waals surface area contributed by atoms with Gasteiger partial charge in [0.2, 0.25) is 0 Å². The molecule has 114 valence electrons. The first-order chi connectivity index (χ1) is 9.67. The van der Waals surface area contributed by atoms with Gasteiger partial charge in [0.15, 0.2) is 0 Å². The van der Waals surface area contributed by atoms with Gasteiger partial charge in [0.25, 0.3) is 0 Å². The predicted molar refractivity (Wildman–Crippen MR) is 85.5 cm³/mol. The van der Waals surface area contributed by atoms with Crippen molar-refractivity contribution < 1.29 is 9.90 Å². The third-order valence-corrected chi connectivity index (χ3v) is 4.44. The second kappa shape index (κ2) is 9.94. The van der Waals surface area contributed by atoms with Crippen LogP contribution < -0.4 is 0 Å². The number of hydrogen-bond acceptors (Lipinski definition) is 3. The predicted octanol–water partition coefficient (Wildman–Crippen LogP) is 4.04. The Morgan fingerprint density at radius 3 is 2.40 bits per heavy atom.